The summed E-state index contributed by atoms with van der Waals surface area (Å²) >= 11 is 1.52. The molecule has 0 unspecified atom stereocenters. The van der Waals surface area contributed by atoms with Crippen LogP contribution in [0.15, 0.2) is 48.5 Å². The maximum absolute atomic E-state index is 12.5. The van der Waals surface area contributed by atoms with E-state index in [0.717, 1.165) is 29.7 Å². The molecule has 0 amide bonds. The van der Waals surface area contributed by atoms with Crippen LogP contribution in [0, 0.1) is 6.92 Å². The van der Waals surface area contributed by atoms with Crippen molar-refractivity contribution in [1.82, 2.24) is 0 Å². The Hall–Kier alpha value is -2.59. The van der Waals surface area contributed by atoms with E-state index in [-0.39, 0.29) is 5.97 Å². The third-order valence-corrected chi connectivity index (χ3v) is 5.87. The van der Waals surface area contributed by atoms with Crippen LogP contribution in [0.1, 0.15) is 31.9 Å². The topological polar surface area (TPSA) is 35.5 Å². The lowest BCUT2D eigenvalue weighted by atomic mass is 9.91. The molecule has 26 heavy (non-hydrogen) atoms. The Morgan fingerprint density at radius 3 is 2.73 bits per heavy atom. The predicted molar refractivity (Wildman–Crippen MR) is 104 cm³/mol. The minimum Gasteiger partial charge on any atom is -0.497 e. The van der Waals surface area contributed by atoms with Crippen molar-refractivity contribution in [3.8, 4) is 16.2 Å². The van der Waals surface area contributed by atoms with Gasteiger partial charge in [0.05, 0.1) is 7.11 Å². The molecule has 1 aliphatic rings. The average molecular weight is 364 g/mol. The van der Waals surface area contributed by atoms with Crippen LogP contribution in [0.5, 0.6) is 5.75 Å². The first-order valence-corrected chi connectivity index (χ1v) is 9.48. The van der Waals surface area contributed by atoms with Crippen molar-refractivity contribution in [2.24, 2.45) is 0 Å². The van der Waals surface area contributed by atoms with Crippen LogP contribution in [-0.2, 0) is 24.2 Å². The van der Waals surface area contributed by atoms with Crippen molar-refractivity contribution in [2.45, 2.75) is 26.4 Å². The van der Waals surface area contributed by atoms with Gasteiger partial charge in [-0.05, 0) is 66.3 Å². The molecule has 0 aliphatic heterocycles. The Balaban J connectivity index is 1.54. The van der Waals surface area contributed by atoms with E-state index >= 15 is 0 Å². The minimum absolute atomic E-state index is 0.249. The highest BCUT2D eigenvalue weighted by Gasteiger charge is 2.22. The first-order valence-electron chi connectivity index (χ1n) is 8.66. The van der Waals surface area contributed by atoms with Crippen LogP contribution in [0.4, 0.5) is 0 Å². The Labute approximate surface area is 157 Å². The zero-order valence-electron chi connectivity index (χ0n) is 14.9. The van der Waals surface area contributed by atoms with Crippen molar-refractivity contribution in [2.75, 3.05) is 7.11 Å². The van der Waals surface area contributed by atoms with Crippen LogP contribution in [0.25, 0.3) is 10.4 Å². The summed E-state index contributed by atoms with van der Waals surface area (Å²) in [5.41, 5.74) is 5.89. The van der Waals surface area contributed by atoms with Gasteiger partial charge in [0.1, 0.15) is 17.2 Å². The van der Waals surface area contributed by atoms with E-state index in [0.29, 0.717) is 11.5 Å². The number of fused-ring (bicyclic) bond motifs is 3. The maximum atomic E-state index is 12.5. The molecule has 0 fully saturated rings. The second-order valence-corrected chi connectivity index (χ2v) is 7.61. The number of methoxy groups -OCH3 is 1. The minimum atomic E-state index is -0.249. The highest BCUT2D eigenvalue weighted by atomic mass is 32.1. The molecule has 1 aromatic heterocycles. The van der Waals surface area contributed by atoms with Gasteiger partial charge in [0, 0.05) is 4.88 Å². The van der Waals surface area contributed by atoms with Crippen LogP contribution >= 0.6 is 11.3 Å². The van der Waals surface area contributed by atoms with Gasteiger partial charge in [0.2, 0.25) is 0 Å². The quantitative estimate of drug-likeness (QED) is 0.598. The van der Waals surface area contributed by atoms with E-state index in [1.807, 2.05) is 43.3 Å². The fraction of sp³-hybridized carbons (Fsp3) is 0.227. The van der Waals surface area contributed by atoms with E-state index in [2.05, 4.69) is 12.1 Å². The molecule has 1 heterocycles. The molecule has 0 saturated heterocycles. The number of carbonyl (C=O) groups excluding carboxylic acids is 1. The van der Waals surface area contributed by atoms with Crippen molar-refractivity contribution < 1.29 is 14.3 Å². The second kappa shape index (κ2) is 6.96. The van der Waals surface area contributed by atoms with E-state index in [1.54, 1.807) is 7.11 Å². The number of rotatable bonds is 4. The number of hydrogen-bond donors (Lipinski definition) is 0. The average Bonchev–Trinajstić information content (AvgIpc) is 3.10. The number of carbonyl (C=O) groups is 1. The summed E-state index contributed by atoms with van der Waals surface area (Å²) in [4.78, 5) is 14.4. The van der Waals surface area contributed by atoms with Gasteiger partial charge in [0.25, 0.3) is 0 Å². The fourth-order valence-corrected chi connectivity index (χ4v) is 4.52. The van der Waals surface area contributed by atoms with Crippen molar-refractivity contribution in [3.05, 3.63) is 75.7 Å². The fourth-order valence-electron chi connectivity index (χ4n) is 3.36. The summed E-state index contributed by atoms with van der Waals surface area (Å²) in [6.07, 6.45) is 1.91. The summed E-state index contributed by atoms with van der Waals surface area (Å²) < 4.78 is 10.8. The number of hydrogen-bond acceptors (Lipinski definition) is 4. The highest BCUT2D eigenvalue weighted by molar-refractivity contribution is 7.17. The smallest absolute Gasteiger partial charge is 0.348 e. The molecular weight excluding hydrogens is 344 g/mol. The SMILES string of the molecule is COc1ccc2c(c1)CCc1cc(C(=O)OCc3cccc(C)c3)sc1-2. The third-order valence-electron chi connectivity index (χ3n) is 4.68. The largest absolute Gasteiger partial charge is 0.497 e. The standard InChI is InChI=1S/C22H20O3S/c1-14-4-3-5-15(10-14)13-25-22(23)20-12-17-7-6-16-11-18(24-2)8-9-19(16)21(17)26-20/h3-5,8-12H,6-7,13H2,1-2H3. The first kappa shape index (κ1) is 16.9. The summed E-state index contributed by atoms with van der Waals surface area (Å²) in [7, 11) is 1.68. The highest BCUT2D eigenvalue weighted by Crippen LogP contribution is 2.41. The Kier molecular flexibility index (Phi) is 4.51. The molecular formula is C22H20O3S. The summed E-state index contributed by atoms with van der Waals surface area (Å²) in [5, 5.41) is 0. The van der Waals surface area contributed by atoms with E-state index in [9.17, 15) is 4.79 Å². The van der Waals surface area contributed by atoms with Gasteiger partial charge in [-0.15, -0.1) is 11.3 Å². The molecule has 3 nitrogen and oxygen atoms in total. The molecule has 1 aliphatic carbocycles. The maximum Gasteiger partial charge on any atom is 0.348 e. The summed E-state index contributed by atoms with van der Waals surface area (Å²) in [6.45, 7) is 2.34. The van der Waals surface area contributed by atoms with Crippen molar-refractivity contribution in [3.63, 3.8) is 0 Å². The molecule has 0 spiro atoms. The molecule has 0 atom stereocenters. The zero-order chi connectivity index (χ0) is 18.1. The van der Waals surface area contributed by atoms with Crippen LogP contribution < -0.4 is 4.74 Å². The van der Waals surface area contributed by atoms with E-state index < -0.39 is 0 Å². The molecule has 4 rings (SSSR count). The van der Waals surface area contributed by atoms with Gasteiger partial charge < -0.3 is 9.47 Å². The molecule has 3 aromatic rings. The normalized spacial score (nSPS) is 12.2. The second-order valence-electron chi connectivity index (χ2n) is 6.55. The van der Waals surface area contributed by atoms with E-state index in [4.69, 9.17) is 9.47 Å². The van der Waals surface area contributed by atoms with Crippen LogP contribution in [-0.4, -0.2) is 13.1 Å². The monoisotopic (exact) mass is 364 g/mol. The molecule has 0 saturated carbocycles. The lowest BCUT2D eigenvalue weighted by molar-refractivity contribution is 0.0478. The van der Waals surface area contributed by atoms with Gasteiger partial charge in [-0.3, -0.25) is 0 Å². The van der Waals surface area contributed by atoms with Gasteiger partial charge >= 0.3 is 5.97 Å². The lowest BCUT2D eigenvalue weighted by Crippen LogP contribution is -2.03. The van der Waals surface area contributed by atoms with Gasteiger partial charge in [-0.1, -0.05) is 29.8 Å². The Morgan fingerprint density at radius 1 is 1.08 bits per heavy atom. The number of aryl methyl sites for hydroxylation is 3. The third kappa shape index (κ3) is 3.25. The Morgan fingerprint density at radius 2 is 1.92 bits per heavy atom. The Bertz CT molecular complexity index is 971. The van der Waals surface area contributed by atoms with Crippen LogP contribution in [0.3, 0.4) is 0 Å². The molecule has 0 bridgehead atoms. The zero-order valence-corrected chi connectivity index (χ0v) is 15.7. The first-order chi connectivity index (χ1) is 12.6. The number of thiophene rings is 1. The summed E-state index contributed by atoms with van der Waals surface area (Å²) in [5.74, 6) is 0.627. The molecule has 0 N–H and O–H groups in total. The molecule has 0 radical (unpaired) electrons. The molecule has 4 heteroatoms. The van der Waals surface area contributed by atoms with Gasteiger partial charge in [-0.25, -0.2) is 4.79 Å². The van der Waals surface area contributed by atoms with E-state index in [1.165, 1.54) is 32.9 Å². The van der Waals surface area contributed by atoms with Crippen molar-refractivity contribution in [1.29, 1.82) is 0 Å². The summed E-state index contributed by atoms with van der Waals surface area (Å²) in [6, 6.07) is 16.2. The molecule has 132 valence electrons. The number of ether oxygens (including phenoxy) is 2. The molecule has 2 aromatic carbocycles. The number of esters is 1. The van der Waals surface area contributed by atoms with Gasteiger partial charge in [-0.2, -0.15) is 0 Å². The van der Waals surface area contributed by atoms with Crippen LogP contribution in [0.2, 0.25) is 0 Å². The predicted octanol–water partition coefficient (Wildman–Crippen LogP) is 5.19. The lowest BCUT2D eigenvalue weighted by Gasteiger charge is -2.16. The van der Waals surface area contributed by atoms with Crippen molar-refractivity contribution >= 4 is 17.3 Å². The van der Waals surface area contributed by atoms with Gasteiger partial charge in [0.15, 0.2) is 0 Å². The number of benzene rings is 2.